The number of amidine groups is 1. The van der Waals surface area contributed by atoms with E-state index in [1.54, 1.807) is 13.1 Å². The molecule has 28 heavy (non-hydrogen) atoms. The van der Waals surface area contributed by atoms with Gasteiger partial charge in [-0.1, -0.05) is 30.3 Å². The van der Waals surface area contributed by atoms with Gasteiger partial charge in [0, 0.05) is 37.7 Å². The average Bonchev–Trinajstić information content (AvgIpc) is 3.27. The molecule has 0 amide bonds. The third kappa shape index (κ3) is 5.63. The second kappa shape index (κ2) is 10.6. The van der Waals surface area contributed by atoms with Crippen LogP contribution in [0.4, 0.5) is 5.69 Å². The fourth-order valence-electron chi connectivity index (χ4n) is 3.39. The fraction of sp³-hybridized carbons (Fsp3) is 0.409. The summed E-state index contributed by atoms with van der Waals surface area (Å²) in [5.74, 6) is 1.87. The zero-order chi connectivity index (χ0) is 19.6. The molecule has 0 radical (unpaired) electrons. The Morgan fingerprint density at radius 3 is 2.82 bits per heavy atom. The van der Waals surface area contributed by atoms with E-state index in [0.717, 1.165) is 38.9 Å². The quantitative estimate of drug-likeness (QED) is 0.301. The summed E-state index contributed by atoms with van der Waals surface area (Å²) in [5, 5.41) is 9.85. The fourth-order valence-corrected chi connectivity index (χ4v) is 3.39. The maximum absolute atomic E-state index is 11.4. The molecule has 1 aliphatic heterocycles. The molecule has 0 spiro atoms. The van der Waals surface area contributed by atoms with Crippen LogP contribution in [0, 0.1) is 10.8 Å². The highest BCUT2D eigenvalue weighted by Gasteiger charge is 2.16. The van der Waals surface area contributed by atoms with Crippen LogP contribution in [0.5, 0.6) is 5.75 Å². The average molecular weight is 380 g/mol. The van der Waals surface area contributed by atoms with Crippen LogP contribution in [0.25, 0.3) is 0 Å². The van der Waals surface area contributed by atoms with Crippen molar-refractivity contribution in [3.63, 3.8) is 0 Å². The van der Waals surface area contributed by atoms with Crippen molar-refractivity contribution in [2.45, 2.75) is 19.3 Å². The Morgan fingerprint density at radius 2 is 2.11 bits per heavy atom. The maximum Gasteiger partial charge on any atom is 0.130 e. The molecule has 1 heterocycles. The number of aliphatic imine (C=N–C) groups is 1. The first kappa shape index (κ1) is 20.0. The molecule has 0 bridgehead atoms. The van der Waals surface area contributed by atoms with Gasteiger partial charge in [0.2, 0.25) is 0 Å². The zero-order valence-corrected chi connectivity index (χ0v) is 16.4. The molecule has 1 saturated heterocycles. The van der Waals surface area contributed by atoms with E-state index < -0.39 is 0 Å². The summed E-state index contributed by atoms with van der Waals surface area (Å²) in [6.45, 7) is 3.45. The normalized spacial score (nSPS) is 16.8. The molecule has 0 aromatic heterocycles. The molecule has 3 rings (SSSR count). The van der Waals surface area contributed by atoms with Crippen molar-refractivity contribution in [3.8, 4) is 5.75 Å². The van der Waals surface area contributed by atoms with E-state index in [2.05, 4.69) is 45.1 Å². The lowest BCUT2D eigenvalue weighted by atomic mass is 10.1. The Balaban J connectivity index is 1.55. The van der Waals surface area contributed by atoms with Gasteiger partial charge >= 0.3 is 0 Å². The number of rotatable bonds is 9. The van der Waals surface area contributed by atoms with Crippen LogP contribution < -0.4 is 15.4 Å². The lowest BCUT2D eigenvalue weighted by molar-refractivity contribution is 0.260. The van der Waals surface area contributed by atoms with Gasteiger partial charge in [-0.25, -0.2) is 0 Å². The molecule has 2 N–H and O–H groups in total. The van der Waals surface area contributed by atoms with E-state index >= 15 is 0 Å². The highest BCUT2D eigenvalue weighted by Crippen LogP contribution is 2.26. The number of hydrogen-bond donors (Lipinski definition) is 2. The van der Waals surface area contributed by atoms with Crippen LogP contribution >= 0.6 is 0 Å². The number of nitrogens with zero attached hydrogens (tertiary/aromatic N) is 2. The Morgan fingerprint density at radius 1 is 1.25 bits per heavy atom. The minimum Gasteiger partial charge on any atom is -0.493 e. The van der Waals surface area contributed by atoms with Crippen molar-refractivity contribution >= 4 is 11.5 Å². The number of nitrogens with one attached hydrogen (secondary N) is 2. The van der Waals surface area contributed by atoms with Crippen molar-refractivity contribution in [2.75, 3.05) is 33.3 Å². The second-order valence-corrected chi connectivity index (χ2v) is 7.03. The number of nitroso groups, excluding NO2 is 1. The van der Waals surface area contributed by atoms with Crippen molar-refractivity contribution in [1.82, 2.24) is 10.6 Å². The molecule has 6 heteroatoms. The molecule has 1 fully saturated rings. The summed E-state index contributed by atoms with van der Waals surface area (Å²) in [4.78, 5) is 15.7. The van der Waals surface area contributed by atoms with E-state index in [-0.39, 0.29) is 0 Å². The summed E-state index contributed by atoms with van der Waals surface area (Å²) < 4.78 is 5.85. The molecular weight excluding hydrogens is 352 g/mol. The molecular formula is C22H28N4O2. The van der Waals surface area contributed by atoms with E-state index in [9.17, 15) is 4.91 Å². The van der Waals surface area contributed by atoms with Crippen molar-refractivity contribution in [3.05, 3.63) is 64.6 Å². The third-order valence-corrected chi connectivity index (χ3v) is 4.97. The number of hydrogen-bond acceptors (Lipinski definition) is 5. The van der Waals surface area contributed by atoms with Gasteiger partial charge in [-0.2, -0.15) is 0 Å². The van der Waals surface area contributed by atoms with Gasteiger partial charge in [0.25, 0.3) is 0 Å². The molecule has 6 nitrogen and oxygen atoms in total. The zero-order valence-electron chi connectivity index (χ0n) is 16.4. The lowest BCUT2D eigenvalue weighted by Gasteiger charge is -2.14. The van der Waals surface area contributed by atoms with Gasteiger partial charge in [-0.05, 0) is 48.7 Å². The van der Waals surface area contributed by atoms with E-state index in [0.29, 0.717) is 35.4 Å². The van der Waals surface area contributed by atoms with Crippen molar-refractivity contribution in [1.29, 1.82) is 0 Å². The molecule has 1 atom stereocenters. The molecule has 2 aromatic carbocycles. The van der Waals surface area contributed by atoms with Gasteiger partial charge < -0.3 is 15.4 Å². The van der Waals surface area contributed by atoms with Crippen LogP contribution in [-0.4, -0.2) is 39.1 Å². The van der Waals surface area contributed by atoms with Gasteiger partial charge in [0.1, 0.15) is 17.3 Å². The van der Waals surface area contributed by atoms with Crippen LogP contribution in [0.2, 0.25) is 0 Å². The SMILES string of the molecule is CN=C(NCCCc1ccccc1)c1ccc(OCC2CCNC2)cc1N=O. The molecule has 2 aromatic rings. The standard InChI is InChI=1S/C22H28N4O2/c1-23-22(25-12-5-8-17-6-3-2-4-7-17)20-10-9-19(14-21(20)26-27)28-16-18-11-13-24-15-18/h2-4,6-7,9-10,14,18,24H,5,8,11-13,15-16H2,1H3,(H,23,25). The van der Waals surface area contributed by atoms with Crippen molar-refractivity contribution in [2.24, 2.45) is 16.1 Å². The highest BCUT2D eigenvalue weighted by molar-refractivity contribution is 6.03. The maximum atomic E-state index is 11.4. The minimum absolute atomic E-state index is 0.346. The highest BCUT2D eigenvalue weighted by atomic mass is 16.5. The van der Waals surface area contributed by atoms with Gasteiger partial charge in [0.05, 0.1) is 6.61 Å². The number of benzene rings is 2. The first-order valence-corrected chi connectivity index (χ1v) is 9.86. The van der Waals surface area contributed by atoms with Crippen LogP contribution in [0.1, 0.15) is 24.0 Å². The van der Waals surface area contributed by atoms with Crippen LogP contribution in [-0.2, 0) is 6.42 Å². The van der Waals surface area contributed by atoms with Gasteiger partial charge in [-0.3, -0.25) is 4.99 Å². The summed E-state index contributed by atoms with van der Waals surface area (Å²) in [6.07, 6.45) is 3.09. The summed E-state index contributed by atoms with van der Waals surface area (Å²) >= 11 is 0. The molecule has 1 aliphatic rings. The summed E-state index contributed by atoms with van der Waals surface area (Å²) in [6, 6.07) is 15.8. The van der Waals surface area contributed by atoms with E-state index in [1.165, 1.54) is 5.56 Å². The number of aryl methyl sites for hydroxylation is 1. The summed E-state index contributed by atoms with van der Waals surface area (Å²) in [5.41, 5.74) is 2.36. The largest absolute Gasteiger partial charge is 0.493 e. The topological polar surface area (TPSA) is 75.1 Å². The van der Waals surface area contributed by atoms with E-state index in [4.69, 9.17) is 4.74 Å². The summed E-state index contributed by atoms with van der Waals surface area (Å²) in [7, 11) is 1.71. The molecule has 0 saturated carbocycles. The first-order valence-electron chi connectivity index (χ1n) is 9.86. The van der Waals surface area contributed by atoms with Gasteiger partial charge in [-0.15, -0.1) is 4.91 Å². The minimum atomic E-state index is 0.346. The Hall–Kier alpha value is -2.73. The Labute approximate surface area is 166 Å². The predicted molar refractivity (Wildman–Crippen MR) is 114 cm³/mol. The third-order valence-electron chi connectivity index (χ3n) is 4.97. The molecule has 0 aliphatic carbocycles. The molecule has 148 valence electrons. The Bertz CT molecular complexity index is 786. The van der Waals surface area contributed by atoms with Crippen molar-refractivity contribution < 1.29 is 4.74 Å². The van der Waals surface area contributed by atoms with Crippen LogP contribution in [0.3, 0.4) is 0 Å². The predicted octanol–water partition coefficient (Wildman–Crippen LogP) is 3.67. The monoisotopic (exact) mass is 380 g/mol. The van der Waals surface area contributed by atoms with Crippen LogP contribution in [0.15, 0.2) is 58.7 Å². The first-order chi connectivity index (χ1) is 13.8. The lowest BCUT2D eigenvalue weighted by Crippen LogP contribution is -2.26. The smallest absolute Gasteiger partial charge is 0.130 e. The number of ether oxygens (including phenoxy) is 1. The Kier molecular flexibility index (Phi) is 7.55. The molecule has 1 unspecified atom stereocenters. The van der Waals surface area contributed by atoms with Gasteiger partial charge in [0.15, 0.2) is 0 Å². The van der Waals surface area contributed by atoms with E-state index in [1.807, 2.05) is 18.2 Å². The second-order valence-electron chi connectivity index (χ2n) is 7.03.